The first-order valence-corrected chi connectivity index (χ1v) is 7.59. The molecule has 0 aromatic heterocycles. The molecule has 0 saturated carbocycles. The number of benzene rings is 1. The van der Waals surface area contributed by atoms with Crippen molar-refractivity contribution >= 4 is 12.4 Å². The maximum atomic E-state index is 11.3. The van der Waals surface area contributed by atoms with Crippen LogP contribution in [0, 0.1) is 18.8 Å². The van der Waals surface area contributed by atoms with Crippen molar-refractivity contribution in [2.75, 3.05) is 6.54 Å². The Hall–Kier alpha value is -1.84. The number of aryl methyl sites for hydroxylation is 1. The van der Waals surface area contributed by atoms with Crippen LogP contribution in [0.15, 0.2) is 30.3 Å². The van der Waals surface area contributed by atoms with Crippen LogP contribution >= 0.6 is 0 Å². The van der Waals surface area contributed by atoms with Crippen LogP contribution < -0.4 is 5.32 Å². The van der Waals surface area contributed by atoms with Gasteiger partial charge < -0.3 is 14.8 Å². The summed E-state index contributed by atoms with van der Waals surface area (Å²) in [6.45, 7) is 11.7. The van der Waals surface area contributed by atoms with E-state index in [0.717, 1.165) is 6.29 Å². The molecular formula is C18H29NO3. The molecule has 0 fully saturated rings. The highest BCUT2D eigenvalue weighted by atomic mass is 16.6. The van der Waals surface area contributed by atoms with Crippen LogP contribution in [-0.4, -0.2) is 24.5 Å². The molecule has 22 heavy (non-hydrogen) atoms. The van der Waals surface area contributed by atoms with Gasteiger partial charge in [-0.2, -0.15) is 0 Å². The minimum atomic E-state index is -0.501. The highest BCUT2D eigenvalue weighted by molar-refractivity contribution is 5.68. The van der Waals surface area contributed by atoms with Crippen LogP contribution in [0.1, 0.15) is 40.2 Å². The third-order valence-corrected chi connectivity index (χ3v) is 2.85. The van der Waals surface area contributed by atoms with E-state index in [0.29, 0.717) is 6.54 Å². The van der Waals surface area contributed by atoms with E-state index in [2.05, 4.69) is 24.4 Å². The van der Waals surface area contributed by atoms with Crippen LogP contribution in [0.25, 0.3) is 0 Å². The minimum Gasteiger partial charge on any atom is -0.444 e. The molecule has 0 saturated heterocycles. The number of aldehydes is 1. The van der Waals surface area contributed by atoms with Crippen LogP contribution in [0.3, 0.4) is 0 Å². The van der Waals surface area contributed by atoms with Gasteiger partial charge in [0.05, 0.1) is 0 Å². The first kappa shape index (κ1) is 20.2. The van der Waals surface area contributed by atoms with Crippen molar-refractivity contribution in [1.29, 1.82) is 0 Å². The van der Waals surface area contributed by atoms with Crippen molar-refractivity contribution in [2.45, 2.75) is 47.1 Å². The summed E-state index contributed by atoms with van der Waals surface area (Å²) in [5, 5.41) is 2.58. The molecule has 1 atom stereocenters. The molecule has 0 unspecified atom stereocenters. The lowest BCUT2D eigenvalue weighted by Crippen LogP contribution is -2.36. The number of amides is 1. The van der Waals surface area contributed by atoms with E-state index in [4.69, 9.17) is 4.74 Å². The van der Waals surface area contributed by atoms with Gasteiger partial charge in [0, 0.05) is 12.5 Å². The second-order valence-electron chi connectivity index (χ2n) is 6.58. The van der Waals surface area contributed by atoms with Gasteiger partial charge in [-0.1, -0.05) is 49.7 Å². The van der Waals surface area contributed by atoms with E-state index in [1.807, 2.05) is 32.0 Å². The highest BCUT2D eigenvalue weighted by Gasteiger charge is 2.18. The summed E-state index contributed by atoms with van der Waals surface area (Å²) in [7, 11) is 0. The monoisotopic (exact) mass is 307 g/mol. The SMILES string of the molecule is CC(C)[C@@H](C=O)CNC(=O)OC(C)(C)C.Cc1ccccc1. The molecule has 0 radical (unpaired) electrons. The van der Waals surface area contributed by atoms with Crippen LogP contribution in [0.2, 0.25) is 0 Å². The number of carbonyl (C=O) groups is 2. The lowest BCUT2D eigenvalue weighted by atomic mass is 9.98. The third-order valence-electron chi connectivity index (χ3n) is 2.85. The van der Waals surface area contributed by atoms with Crippen LogP contribution in [0.4, 0.5) is 4.79 Å². The average Bonchev–Trinajstić information content (AvgIpc) is 2.38. The number of alkyl carbamates (subject to hydrolysis) is 1. The standard InChI is InChI=1S/C11H21NO3.C7H8/c1-8(2)9(7-13)6-12-10(14)15-11(3,4)5;1-7-5-3-2-4-6-7/h7-9H,6H2,1-5H3,(H,12,14);2-6H,1H3/t9-;/m1./s1. The molecule has 4 heteroatoms. The zero-order valence-electron chi connectivity index (χ0n) is 14.6. The van der Waals surface area contributed by atoms with Gasteiger partial charge in [-0.3, -0.25) is 0 Å². The van der Waals surface area contributed by atoms with Crippen molar-refractivity contribution in [3.63, 3.8) is 0 Å². The molecule has 0 aliphatic rings. The first-order valence-electron chi connectivity index (χ1n) is 7.59. The number of hydrogen-bond acceptors (Lipinski definition) is 3. The average molecular weight is 307 g/mol. The number of rotatable bonds is 4. The fourth-order valence-corrected chi connectivity index (χ4v) is 1.49. The molecule has 1 aromatic carbocycles. The highest BCUT2D eigenvalue weighted by Crippen LogP contribution is 2.08. The van der Waals surface area contributed by atoms with Crippen molar-refractivity contribution in [2.24, 2.45) is 11.8 Å². The van der Waals surface area contributed by atoms with Crippen LogP contribution in [-0.2, 0) is 9.53 Å². The number of ether oxygens (including phenoxy) is 1. The Bertz CT molecular complexity index is 435. The number of carbonyl (C=O) groups excluding carboxylic acids is 2. The van der Waals surface area contributed by atoms with Gasteiger partial charge in [0.1, 0.15) is 11.9 Å². The lowest BCUT2D eigenvalue weighted by molar-refractivity contribution is -0.112. The molecule has 1 N–H and O–H groups in total. The van der Waals surface area contributed by atoms with Gasteiger partial charge >= 0.3 is 6.09 Å². The largest absolute Gasteiger partial charge is 0.444 e. The van der Waals surface area contributed by atoms with Gasteiger partial charge in [-0.15, -0.1) is 0 Å². The summed E-state index contributed by atoms with van der Waals surface area (Å²) in [6.07, 6.45) is 0.386. The van der Waals surface area contributed by atoms with Gasteiger partial charge in [-0.25, -0.2) is 4.79 Å². The molecular weight excluding hydrogens is 278 g/mol. The Labute approximate surface area is 134 Å². The summed E-state index contributed by atoms with van der Waals surface area (Å²) >= 11 is 0. The molecule has 1 amide bonds. The van der Waals surface area contributed by atoms with Gasteiger partial charge in [-0.05, 0) is 33.6 Å². The summed E-state index contributed by atoms with van der Waals surface area (Å²) in [6, 6.07) is 10.3. The summed E-state index contributed by atoms with van der Waals surface area (Å²) in [4.78, 5) is 21.9. The Morgan fingerprint density at radius 1 is 1.23 bits per heavy atom. The maximum Gasteiger partial charge on any atom is 0.407 e. The zero-order valence-corrected chi connectivity index (χ0v) is 14.6. The maximum absolute atomic E-state index is 11.3. The Balaban J connectivity index is 0.000000518. The van der Waals surface area contributed by atoms with Crippen LogP contribution in [0.5, 0.6) is 0 Å². The van der Waals surface area contributed by atoms with Crippen molar-refractivity contribution in [3.8, 4) is 0 Å². The van der Waals surface area contributed by atoms with E-state index in [1.165, 1.54) is 5.56 Å². The predicted octanol–water partition coefficient (Wildman–Crippen LogP) is 3.98. The fraction of sp³-hybridized carbons (Fsp3) is 0.556. The molecule has 4 nitrogen and oxygen atoms in total. The number of hydrogen-bond donors (Lipinski definition) is 1. The molecule has 0 aliphatic heterocycles. The second-order valence-corrected chi connectivity index (χ2v) is 6.58. The molecule has 1 aromatic rings. The summed E-state index contributed by atoms with van der Waals surface area (Å²) < 4.78 is 5.05. The molecule has 0 heterocycles. The first-order chi connectivity index (χ1) is 10.2. The van der Waals surface area contributed by atoms with E-state index in [-0.39, 0.29) is 11.8 Å². The number of nitrogens with one attached hydrogen (secondary N) is 1. The smallest absolute Gasteiger partial charge is 0.407 e. The quantitative estimate of drug-likeness (QED) is 0.856. The Morgan fingerprint density at radius 3 is 2.09 bits per heavy atom. The summed E-state index contributed by atoms with van der Waals surface area (Å²) in [5.41, 5.74) is 0.820. The van der Waals surface area contributed by atoms with Crippen molar-refractivity contribution in [1.82, 2.24) is 5.32 Å². The zero-order chi connectivity index (χ0) is 17.2. The topological polar surface area (TPSA) is 55.4 Å². The van der Waals surface area contributed by atoms with Gasteiger partial charge in [0.15, 0.2) is 0 Å². The molecule has 0 aliphatic carbocycles. The van der Waals surface area contributed by atoms with E-state index < -0.39 is 11.7 Å². The normalized spacial score (nSPS) is 12.0. The van der Waals surface area contributed by atoms with Gasteiger partial charge in [0.25, 0.3) is 0 Å². The van der Waals surface area contributed by atoms with E-state index >= 15 is 0 Å². The summed E-state index contributed by atoms with van der Waals surface area (Å²) in [5.74, 6) is 0.0648. The van der Waals surface area contributed by atoms with E-state index in [1.54, 1.807) is 20.8 Å². The molecule has 0 bridgehead atoms. The predicted molar refractivity (Wildman–Crippen MR) is 89.8 cm³/mol. The van der Waals surface area contributed by atoms with Crippen molar-refractivity contribution < 1.29 is 14.3 Å². The molecule has 124 valence electrons. The van der Waals surface area contributed by atoms with Crippen molar-refractivity contribution in [3.05, 3.63) is 35.9 Å². The van der Waals surface area contributed by atoms with Gasteiger partial charge in [0.2, 0.25) is 0 Å². The Kier molecular flexibility index (Phi) is 9.15. The Morgan fingerprint density at radius 2 is 1.77 bits per heavy atom. The molecule has 1 rings (SSSR count). The molecule has 0 spiro atoms. The third kappa shape index (κ3) is 10.9. The fourth-order valence-electron chi connectivity index (χ4n) is 1.49. The minimum absolute atomic E-state index is 0.155. The lowest BCUT2D eigenvalue weighted by Gasteiger charge is -2.21. The van der Waals surface area contributed by atoms with E-state index in [9.17, 15) is 9.59 Å². The second kappa shape index (κ2) is 9.98.